The fraction of sp³-hybridized carbons (Fsp3) is 0.348. The smallest absolute Gasteiger partial charge is 0.261 e. The SMILES string of the molecule is O=C(Cn1c(COc2ccccc2Cl)nc2ccccc2c1=O)NC1CCCCC1. The molecule has 3 aromatic rings. The van der Waals surface area contributed by atoms with Crippen molar-refractivity contribution in [3.8, 4) is 5.75 Å². The molecule has 0 saturated heterocycles. The Hall–Kier alpha value is -2.86. The van der Waals surface area contributed by atoms with Gasteiger partial charge in [0.1, 0.15) is 18.9 Å². The average Bonchev–Trinajstić information content (AvgIpc) is 2.76. The maximum absolute atomic E-state index is 13.1. The van der Waals surface area contributed by atoms with Crippen molar-refractivity contribution in [3.63, 3.8) is 0 Å². The molecule has 1 fully saturated rings. The van der Waals surface area contributed by atoms with Crippen LogP contribution in [0.4, 0.5) is 0 Å². The van der Waals surface area contributed by atoms with E-state index in [1.165, 1.54) is 11.0 Å². The molecule has 0 bridgehead atoms. The molecule has 0 spiro atoms. The minimum Gasteiger partial charge on any atom is -0.484 e. The van der Waals surface area contributed by atoms with E-state index in [1.807, 2.05) is 18.2 Å². The second kappa shape index (κ2) is 9.30. The van der Waals surface area contributed by atoms with Gasteiger partial charge in [-0.25, -0.2) is 4.98 Å². The number of rotatable bonds is 6. The van der Waals surface area contributed by atoms with Crippen LogP contribution in [0, 0.1) is 0 Å². The number of ether oxygens (including phenoxy) is 1. The highest BCUT2D eigenvalue weighted by Gasteiger charge is 2.19. The van der Waals surface area contributed by atoms with E-state index in [1.54, 1.807) is 30.3 Å². The maximum Gasteiger partial charge on any atom is 0.261 e. The summed E-state index contributed by atoms with van der Waals surface area (Å²) in [4.78, 5) is 30.4. The van der Waals surface area contributed by atoms with Gasteiger partial charge >= 0.3 is 0 Å². The molecule has 4 rings (SSSR count). The molecule has 0 unspecified atom stereocenters. The summed E-state index contributed by atoms with van der Waals surface area (Å²) < 4.78 is 7.21. The van der Waals surface area contributed by atoms with Gasteiger partial charge < -0.3 is 10.1 Å². The molecular weight excluding hydrogens is 402 g/mol. The monoisotopic (exact) mass is 425 g/mol. The van der Waals surface area contributed by atoms with Crippen LogP contribution in [0.2, 0.25) is 5.02 Å². The number of nitrogens with zero attached hydrogens (tertiary/aromatic N) is 2. The van der Waals surface area contributed by atoms with Gasteiger partial charge in [0.15, 0.2) is 5.82 Å². The van der Waals surface area contributed by atoms with Crippen LogP contribution in [0.5, 0.6) is 5.75 Å². The Bertz CT molecular complexity index is 1110. The second-order valence-electron chi connectivity index (χ2n) is 7.56. The highest BCUT2D eigenvalue weighted by atomic mass is 35.5. The number of hydrogen-bond donors (Lipinski definition) is 1. The van der Waals surface area contributed by atoms with E-state index in [0.29, 0.717) is 27.5 Å². The Morgan fingerprint density at radius 1 is 1.10 bits per heavy atom. The number of amides is 1. The Balaban J connectivity index is 1.61. The molecule has 1 aromatic heterocycles. The molecular formula is C23H24ClN3O3. The third-order valence-electron chi connectivity index (χ3n) is 5.41. The van der Waals surface area contributed by atoms with Gasteiger partial charge in [0.2, 0.25) is 5.91 Å². The molecule has 1 amide bonds. The van der Waals surface area contributed by atoms with Crippen molar-refractivity contribution in [1.82, 2.24) is 14.9 Å². The lowest BCUT2D eigenvalue weighted by molar-refractivity contribution is -0.122. The number of benzene rings is 2. The van der Waals surface area contributed by atoms with Crippen LogP contribution in [0.15, 0.2) is 53.3 Å². The Kier molecular flexibility index (Phi) is 6.33. The average molecular weight is 426 g/mol. The van der Waals surface area contributed by atoms with Crippen LogP contribution in [0.1, 0.15) is 37.9 Å². The van der Waals surface area contributed by atoms with E-state index in [9.17, 15) is 9.59 Å². The van der Waals surface area contributed by atoms with E-state index in [0.717, 1.165) is 25.7 Å². The third-order valence-corrected chi connectivity index (χ3v) is 5.72. The van der Waals surface area contributed by atoms with Gasteiger partial charge in [0.05, 0.1) is 15.9 Å². The first-order valence-corrected chi connectivity index (χ1v) is 10.6. The summed E-state index contributed by atoms with van der Waals surface area (Å²) in [5.41, 5.74) is 0.321. The summed E-state index contributed by atoms with van der Waals surface area (Å²) in [5, 5.41) is 4.02. The minimum atomic E-state index is -0.253. The fourth-order valence-electron chi connectivity index (χ4n) is 3.86. The summed E-state index contributed by atoms with van der Waals surface area (Å²) in [6, 6.07) is 14.4. The molecule has 0 radical (unpaired) electrons. The first-order chi connectivity index (χ1) is 14.6. The van der Waals surface area contributed by atoms with E-state index in [-0.39, 0.29) is 30.7 Å². The maximum atomic E-state index is 13.1. The molecule has 1 N–H and O–H groups in total. The van der Waals surface area contributed by atoms with Crippen LogP contribution in [0.25, 0.3) is 10.9 Å². The number of fused-ring (bicyclic) bond motifs is 1. The van der Waals surface area contributed by atoms with Crippen molar-refractivity contribution in [1.29, 1.82) is 0 Å². The zero-order valence-electron chi connectivity index (χ0n) is 16.6. The van der Waals surface area contributed by atoms with Crippen molar-refractivity contribution in [2.75, 3.05) is 0 Å². The first-order valence-electron chi connectivity index (χ1n) is 10.3. The largest absolute Gasteiger partial charge is 0.484 e. The molecule has 0 aliphatic heterocycles. The van der Waals surface area contributed by atoms with Gasteiger partial charge in [-0.15, -0.1) is 0 Å². The zero-order valence-corrected chi connectivity index (χ0v) is 17.4. The standard InChI is InChI=1S/C23H24ClN3O3/c24-18-11-5-7-13-20(18)30-15-21-26-19-12-6-4-10-17(19)23(29)27(21)14-22(28)25-16-8-2-1-3-9-16/h4-7,10-13,16H,1-3,8-9,14-15H2,(H,25,28). The predicted octanol–water partition coefficient (Wildman–Crippen LogP) is 4.08. The van der Waals surface area contributed by atoms with E-state index in [4.69, 9.17) is 16.3 Å². The number of hydrogen-bond acceptors (Lipinski definition) is 4. The molecule has 0 atom stereocenters. The van der Waals surface area contributed by atoms with Gasteiger partial charge in [-0.3, -0.25) is 14.2 Å². The van der Waals surface area contributed by atoms with Crippen molar-refractivity contribution in [3.05, 3.63) is 69.7 Å². The molecule has 30 heavy (non-hydrogen) atoms. The van der Waals surface area contributed by atoms with Gasteiger partial charge in [0.25, 0.3) is 5.56 Å². The number of para-hydroxylation sites is 2. The fourth-order valence-corrected chi connectivity index (χ4v) is 4.05. The van der Waals surface area contributed by atoms with Crippen LogP contribution in [-0.4, -0.2) is 21.5 Å². The Morgan fingerprint density at radius 2 is 1.83 bits per heavy atom. The molecule has 1 saturated carbocycles. The number of aromatic nitrogens is 2. The predicted molar refractivity (Wildman–Crippen MR) is 117 cm³/mol. The summed E-state index contributed by atoms with van der Waals surface area (Å²) in [5.74, 6) is 0.706. The van der Waals surface area contributed by atoms with Crippen molar-refractivity contribution >= 4 is 28.4 Å². The van der Waals surface area contributed by atoms with Crippen molar-refractivity contribution in [2.45, 2.75) is 51.3 Å². The van der Waals surface area contributed by atoms with Gasteiger partial charge in [-0.2, -0.15) is 0 Å². The molecule has 1 heterocycles. The first kappa shape index (κ1) is 20.4. The number of halogens is 1. The van der Waals surface area contributed by atoms with Crippen molar-refractivity contribution in [2.24, 2.45) is 0 Å². The highest BCUT2D eigenvalue weighted by molar-refractivity contribution is 6.32. The van der Waals surface area contributed by atoms with Crippen LogP contribution >= 0.6 is 11.6 Å². The molecule has 1 aliphatic rings. The zero-order chi connectivity index (χ0) is 20.9. The van der Waals surface area contributed by atoms with Gasteiger partial charge in [-0.1, -0.05) is 55.1 Å². The van der Waals surface area contributed by atoms with Crippen LogP contribution < -0.4 is 15.6 Å². The van der Waals surface area contributed by atoms with Gasteiger partial charge in [-0.05, 0) is 37.1 Å². The normalized spacial score (nSPS) is 14.6. The molecule has 6 nitrogen and oxygen atoms in total. The minimum absolute atomic E-state index is 0.0283. The quantitative estimate of drug-likeness (QED) is 0.645. The molecule has 1 aliphatic carbocycles. The second-order valence-corrected chi connectivity index (χ2v) is 7.97. The highest BCUT2D eigenvalue weighted by Crippen LogP contribution is 2.24. The summed E-state index contributed by atoms with van der Waals surface area (Å²) in [6.45, 7) is -0.0606. The Morgan fingerprint density at radius 3 is 2.63 bits per heavy atom. The third kappa shape index (κ3) is 4.65. The molecule has 7 heteroatoms. The summed E-state index contributed by atoms with van der Waals surface area (Å²) >= 11 is 6.17. The van der Waals surface area contributed by atoms with Crippen LogP contribution in [0.3, 0.4) is 0 Å². The van der Waals surface area contributed by atoms with E-state index in [2.05, 4.69) is 10.3 Å². The lowest BCUT2D eigenvalue weighted by atomic mass is 9.95. The lowest BCUT2D eigenvalue weighted by Crippen LogP contribution is -2.40. The Labute approximate surface area is 179 Å². The van der Waals surface area contributed by atoms with Crippen molar-refractivity contribution < 1.29 is 9.53 Å². The topological polar surface area (TPSA) is 73.2 Å². The van der Waals surface area contributed by atoms with E-state index < -0.39 is 0 Å². The van der Waals surface area contributed by atoms with Crippen LogP contribution in [-0.2, 0) is 17.9 Å². The lowest BCUT2D eigenvalue weighted by Gasteiger charge is -2.23. The molecule has 156 valence electrons. The number of nitrogens with one attached hydrogen (secondary N) is 1. The summed E-state index contributed by atoms with van der Waals surface area (Å²) in [6.07, 6.45) is 5.43. The van der Waals surface area contributed by atoms with Gasteiger partial charge in [0, 0.05) is 6.04 Å². The number of carbonyl (C=O) groups excluding carboxylic acids is 1. The summed E-state index contributed by atoms with van der Waals surface area (Å²) in [7, 11) is 0. The number of carbonyl (C=O) groups is 1. The molecule has 2 aromatic carbocycles. The van der Waals surface area contributed by atoms with E-state index >= 15 is 0 Å².